The molecule has 106 valence electrons. The molecule has 2 rings (SSSR count). The molecule has 1 aromatic rings. The van der Waals surface area contributed by atoms with Gasteiger partial charge in [-0.2, -0.15) is 4.31 Å². The Labute approximate surface area is 122 Å². The average molecular weight is 348 g/mol. The van der Waals surface area contributed by atoms with E-state index >= 15 is 0 Å². The van der Waals surface area contributed by atoms with Crippen LogP contribution in [0, 0.1) is 6.92 Å². The Morgan fingerprint density at radius 2 is 2.16 bits per heavy atom. The normalized spacial score (nSPS) is 21.5. The quantitative estimate of drug-likeness (QED) is 0.912. The summed E-state index contributed by atoms with van der Waals surface area (Å²) < 4.78 is 27.6. The maximum Gasteiger partial charge on any atom is 0.243 e. The summed E-state index contributed by atoms with van der Waals surface area (Å²) in [5.74, 6) is 0. The first-order valence-electron chi connectivity index (χ1n) is 6.35. The minimum atomic E-state index is -3.51. The number of halogens is 1. The Morgan fingerprint density at radius 3 is 2.79 bits per heavy atom. The minimum absolute atomic E-state index is 0.116. The van der Waals surface area contributed by atoms with E-state index in [0.717, 1.165) is 29.3 Å². The molecule has 0 aliphatic carbocycles. The van der Waals surface area contributed by atoms with Gasteiger partial charge in [0.15, 0.2) is 0 Å². The third-order valence-electron chi connectivity index (χ3n) is 3.52. The van der Waals surface area contributed by atoms with Crippen LogP contribution in [0.5, 0.6) is 0 Å². The second kappa shape index (κ2) is 5.91. The van der Waals surface area contributed by atoms with E-state index in [1.54, 1.807) is 18.2 Å². The van der Waals surface area contributed by atoms with Crippen molar-refractivity contribution in [3.63, 3.8) is 0 Å². The molecule has 4 nitrogen and oxygen atoms in total. The van der Waals surface area contributed by atoms with Crippen LogP contribution in [0.3, 0.4) is 0 Å². The third-order valence-corrected chi connectivity index (χ3v) is 6.36. The van der Waals surface area contributed by atoms with Gasteiger partial charge in [0.25, 0.3) is 0 Å². The highest BCUT2D eigenvalue weighted by Crippen LogP contribution is 2.27. The highest BCUT2D eigenvalue weighted by atomic mass is 79.9. The highest BCUT2D eigenvalue weighted by molar-refractivity contribution is 9.10. The molecule has 1 unspecified atom stereocenters. The summed E-state index contributed by atoms with van der Waals surface area (Å²) >= 11 is 3.37. The second-order valence-corrected chi connectivity index (χ2v) is 7.60. The van der Waals surface area contributed by atoms with Gasteiger partial charge in [-0.15, -0.1) is 0 Å². The number of aryl methyl sites for hydroxylation is 1. The molecule has 19 heavy (non-hydrogen) atoms. The van der Waals surface area contributed by atoms with E-state index in [-0.39, 0.29) is 12.6 Å². The van der Waals surface area contributed by atoms with Crippen molar-refractivity contribution in [3.8, 4) is 0 Å². The number of aliphatic hydroxyl groups is 1. The Morgan fingerprint density at radius 1 is 1.42 bits per heavy atom. The number of rotatable bonds is 3. The van der Waals surface area contributed by atoms with E-state index in [9.17, 15) is 13.5 Å². The van der Waals surface area contributed by atoms with Crippen molar-refractivity contribution in [1.82, 2.24) is 4.31 Å². The molecule has 1 fully saturated rings. The fourth-order valence-electron chi connectivity index (χ4n) is 2.39. The molecule has 1 aliphatic rings. The van der Waals surface area contributed by atoms with E-state index in [1.165, 1.54) is 4.31 Å². The van der Waals surface area contributed by atoms with Crippen LogP contribution in [0.25, 0.3) is 0 Å². The molecular formula is C13H18BrNO3S. The first kappa shape index (κ1) is 15.0. The fraction of sp³-hybridized carbons (Fsp3) is 0.538. The number of sulfonamides is 1. The predicted octanol–water partition coefficient (Wildman–Crippen LogP) is 2.29. The Hall–Kier alpha value is -0.430. The van der Waals surface area contributed by atoms with Crippen molar-refractivity contribution in [3.05, 3.63) is 28.2 Å². The Bertz CT molecular complexity index is 559. The predicted molar refractivity (Wildman–Crippen MR) is 77.5 cm³/mol. The van der Waals surface area contributed by atoms with E-state index in [1.807, 2.05) is 6.92 Å². The maximum atomic E-state index is 12.6. The van der Waals surface area contributed by atoms with Crippen LogP contribution in [-0.2, 0) is 10.0 Å². The first-order valence-corrected chi connectivity index (χ1v) is 8.59. The number of piperidine rings is 1. The third kappa shape index (κ3) is 3.02. The smallest absolute Gasteiger partial charge is 0.243 e. The van der Waals surface area contributed by atoms with E-state index in [4.69, 9.17) is 0 Å². The summed E-state index contributed by atoms with van der Waals surface area (Å²) in [7, 11) is -3.51. The molecule has 1 heterocycles. The molecule has 0 amide bonds. The van der Waals surface area contributed by atoms with Crippen LogP contribution >= 0.6 is 15.9 Å². The summed E-state index contributed by atoms with van der Waals surface area (Å²) in [5, 5.41) is 9.36. The van der Waals surface area contributed by atoms with Crippen molar-refractivity contribution < 1.29 is 13.5 Å². The number of nitrogens with zero attached hydrogens (tertiary/aromatic N) is 1. The van der Waals surface area contributed by atoms with E-state index < -0.39 is 10.0 Å². The highest BCUT2D eigenvalue weighted by Gasteiger charge is 2.33. The lowest BCUT2D eigenvalue weighted by molar-refractivity contribution is 0.155. The van der Waals surface area contributed by atoms with Gasteiger partial charge in [-0.25, -0.2) is 8.42 Å². The monoisotopic (exact) mass is 347 g/mol. The van der Waals surface area contributed by atoms with Crippen molar-refractivity contribution in [1.29, 1.82) is 0 Å². The van der Waals surface area contributed by atoms with Crippen molar-refractivity contribution >= 4 is 26.0 Å². The molecule has 1 N–H and O–H groups in total. The molecule has 0 aromatic heterocycles. The standard InChI is InChI=1S/C13H18BrNO3S/c1-10-8-12(5-6-13(10)14)19(17,18)15-7-3-2-4-11(15)9-16/h5-6,8,11,16H,2-4,7,9H2,1H3. The molecule has 0 saturated carbocycles. The summed E-state index contributed by atoms with van der Waals surface area (Å²) in [5.41, 5.74) is 0.888. The topological polar surface area (TPSA) is 57.6 Å². The SMILES string of the molecule is Cc1cc(S(=O)(=O)N2CCCCC2CO)ccc1Br. The molecule has 1 atom stereocenters. The van der Waals surface area contributed by atoms with Crippen molar-refractivity contribution in [2.75, 3.05) is 13.2 Å². The largest absolute Gasteiger partial charge is 0.395 e. The van der Waals surface area contributed by atoms with Crippen LogP contribution in [-0.4, -0.2) is 37.0 Å². The zero-order valence-electron chi connectivity index (χ0n) is 10.8. The molecule has 1 aliphatic heterocycles. The van der Waals surface area contributed by atoms with Gasteiger partial charge < -0.3 is 5.11 Å². The zero-order valence-corrected chi connectivity index (χ0v) is 13.2. The molecule has 0 bridgehead atoms. The van der Waals surface area contributed by atoms with Gasteiger partial charge in [-0.05, 0) is 43.5 Å². The van der Waals surface area contributed by atoms with Crippen LogP contribution in [0.4, 0.5) is 0 Å². The maximum absolute atomic E-state index is 12.6. The van der Waals surface area contributed by atoms with Crippen LogP contribution in [0.1, 0.15) is 24.8 Å². The molecule has 1 aromatic carbocycles. The summed E-state index contributed by atoms with van der Waals surface area (Å²) in [4.78, 5) is 0.300. The lowest BCUT2D eigenvalue weighted by Gasteiger charge is -2.33. The lowest BCUT2D eigenvalue weighted by Crippen LogP contribution is -2.45. The molecular weight excluding hydrogens is 330 g/mol. The van der Waals surface area contributed by atoms with Crippen molar-refractivity contribution in [2.24, 2.45) is 0 Å². The Kier molecular flexibility index (Phi) is 4.66. The number of hydrogen-bond donors (Lipinski definition) is 1. The lowest BCUT2D eigenvalue weighted by atomic mass is 10.1. The fourth-order valence-corrected chi connectivity index (χ4v) is 4.40. The number of aliphatic hydroxyl groups excluding tert-OH is 1. The minimum Gasteiger partial charge on any atom is -0.395 e. The van der Waals surface area contributed by atoms with E-state index in [2.05, 4.69) is 15.9 Å². The zero-order chi connectivity index (χ0) is 14.0. The first-order chi connectivity index (χ1) is 8.96. The summed E-state index contributed by atoms with van der Waals surface area (Å²) in [6.07, 6.45) is 2.55. The van der Waals surface area contributed by atoms with Crippen molar-refractivity contribution in [2.45, 2.75) is 37.1 Å². The average Bonchev–Trinajstić information content (AvgIpc) is 2.41. The molecule has 6 heteroatoms. The van der Waals surface area contributed by atoms with Gasteiger partial charge in [0, 0.05) is 17.1 Å². The van der Waals surface area contributed by atoms with Gasteiger partial charge in [0.1, 0.15) is 0 Å². The van der Waals surface area contributed by atoms with E-state index in [0.29, 0.717) is 11.4 Å². The van der Waals surface area contributed by atoms with Gasteiger partial charge in [0.2, 0.25) is 10.0 Å². The number of benzene rings is 1. The number of hydrogen-bond acceptors (Lipinski definition) is 3. The van der Waals surface area contributed by atoms with Gasteiger partial charge in [0.05, 0.1) is 11.5 Å². The van der Waals surface area contributed by atoms with Gasteiger partial charge in [-0.1, -0.05) is 22.4 Å². The van der Waals surface area contributed by atoms with Crippen LogP contribution in [0.2, 0.25) is 0 Å². The van der Waals surface area contributed by atoms with Crippen LogP contribution < -0.4 is 0 Å². The van der Waals surface area contributed by atoms with Gasteiger partial charge in [-0.3, -0.25) is 0 Å². The van der Waals surface area contributed by atoms with Crippen LogP contribution in [0.15, 0.2) is 27.6 Å². The second-order valence-electron chi connectivity index (χ2n) is 4.86. The van der Waals surface area contributed by atoms with Gasteiger partial charge >= 0.3 is 0 Å². The Balaban J connectivity index is 2.37. The molecule has 1 saturated heterocycles. The molecule has 0 radical (unpaired) electrons. The molecule has 0 spiro atoms. The summed E-state index contributed by atoms with van der Waals surface area (Å²) in [6.45, 7) is 2.24. The summed E-state index contributed by atoms with van der Waals surface area (Å²) in [6, 6.07) is 4.74.